The van der Waals surface area contributed by atoms with Crippen molar-refractivity contribution in [3.8, 4) is 0 Å². The zero-order chi connectivity index (χ0) is 10.0. The zero-order valence-corrected chi connectivity index (χ0v) is 9.31. The Bertz CT molecular complexity index is 264. The summed E-state index contributed by atoms with van der Waals surface area (Å²) in [6.45, 7) is 6.20. The molecule has 0 spiro atoms. The van der Waals surface area contributed by atoms with Gasteiger partial charge in [0.15, 0.2) is 0 Å². The van der Waals surface area contributed by atoms with E-state index in [1.54, 1.807) is 18.4 Å². The van der Waals surface area contributed by atoms with E-state index in [0.717, 1.165) is 9.88 Å². The molecule has 1 heterocycles. The van der Waals surface area contributed by atoms with Gasteiger partial charge in [-0.1, -0.05) is 13.8 Å². The summed E-state index contributed by atoms with van der Waals surface area (Å²) in [4.78, 5) is 5.34. The van der Waals surface area contributed by atoms with Crippen LogP contribution in [0.3, 0.4) is 0 Å². The van der Waals surface area contributed by atoms with Gasteiger partial charge in [-0.25, -0.2) is 4.98 Å². The van der Waals surface area contributed by atoms with Crippen molar-refractivity contribution in [3.05, 3.63) is 9.88 Å². The molecule has 0 saturated carbocycles. The van der Waals surface area contributed by atoms with Crippen molar-refractivity contribution in [1.82, 2.24) is 4.98 Å². The fraction of sp³-hybridized carbons (Fsp3) is 0.667. The van der Waals surface area contributed by atoms with E-state index in [9.17, 15) is 0 Å². The molecule has 13 heavy (non-hydrogen) atoms. The second kappa shape index (κ2) is 4.07. The highest BCUT2D eigenvalue weighted by atomic mass is 32.1. The fourth-order valence-electron chi connectivity index (χ4n) is 1.21. The van der Waals surface area contributed by atoms with Crippen molar-refractivity contribution in [2.45, 2.75) is 26.9 Å². The van der Waals surface area contributed by atoms with E-state index in [1.807, 2.05) is 6.92 Å². The molecule has 0 amide bonds. The van der Waals surface area contributed by atoms with Gasteiger partial charge in [-0.2, -0.15) is 0 Å². The first-order valence-corrected chi connectivity index (χ1v) is 5.13. The van der Waals surface area contributed by atoms with Crippen molar-refractivity contribution in [2.75, 3.05) is 12.8 Å². The third kappa shape index (κ3) is 2.19. The molecule has 4 heteroatoms. The Morgan fingerprint density at radius 2 is 2.08 bits per heavy atom. The molecule has 0 fully saturated rings. The van der Waals surface area contributed by atoms with Crippen LogP contribution in [-0.4, -0.2) is 12.1 Å². The van der Waals surface area contributed by atoms with Crippen LogP contribution in [0.15, 0.2) is 0 Å². The Labute approximate surface area is 82.9 Å². The Morgan fingerprint density at radius 3 is 2.38 bits per heavy atom. The highest BCUT2D eigenvalue weighted by molar-refractivity contribution is 7.12. The number of nitrogen functional groups attached to an aromatic ring is 1. The summed E-state index contributed by atoms with van der Waals surface area (Å²) in [5.74, 6) is 1.05. The number of thiazole rings is 1. The van der Waals surface area contributed by atoms with Crippen LogP contribution >= 0.6 is 11.3 Å². The Morgan fingerprint density at radius 1 is 1.46 bits per heavy atom. The monoisotopic (exact) mass is 200 g/mol. The molecule has 1 unspecified atom stereocenters. The summed E-state index contributed by atoms with van der Waals surface area (Å²) in [5, 5.41) is 0.979. The summed E-state index contributed by atoms with van der Waals surface area (Å²) >= 11 is 1.61. The number of nitrogens with two attached hydrogens (primary N) is 1. The lowest BCUT2D eigenvalue weighted by Crippen LogP contribution is -2.08. The third-order valence-electron chi connectivity index (χ3n) is 1.95. The SMILES string of the molecule is COC(c1nc(N)c(C)s1)C(C)C. The number of aryl methyl sites for hydroxylation is 1. The number of hydrogen-bond donors (Lipinski definition) is 1. The molecule has 1 aromatic rings. The van der Waals surface area contributed by atoms with Crippen LogP contribution in [0, 0.1) is 12.8 Å². The molecule has 1 aromatic heterocycles. The number of ether oxygens (including phenoxy) is 1. The van der Waals surface area contributed by atoms with E-state index >= 15 is 0 Å². The maximum absolute atomic E-state index is 5.68. The van der Waals surface area contributed by atoms with E-state index in [4.69, 9.17) is 10.5 Å². The van der Waals surface area contributed by atoms with Crippen LogP contribution in [0.5, 0.6) is 0 Å². The zero-order valence-electron chi connectivity index (χ0n) is 8.50. The van der Waals surface area contributed by atoms with Gasteiger partial charge in [0.25, 0.3) is 0 Å². The van der Waals surface area contributed by atoms with E-state index < -0.39 is 0 Å². The van der Waals surface area contributed by atoms with Crippen molar-refractivity contribution in [1.29, 1.82) is 0 Å². The second-order valence-corrected chi connectivity index (χ2v) is 4.63. The van der Waals surface area contributed by atoms with Gasteiger partial charge in [0, 0.05) is 12.0 Å². The predicted octanol–water partition coefficient (Wildman–Crippen LogP) is 2.38. The number of methoxy groups -OCH3 is 1. The highest BCUT2D eigenvalue weighted by Crippen LogP contribution is 2.31. The molecular formula is C9H16N2OS. The van der Waals surface area contributed by atoms with Crippen molar-refractivity contribution in [3.63, 3.8) is 0 Å². The van der Waals surface area contributed by atoms with Gasteiger partial charge in [-0.05, 0) is 12.8 Å². The molecule has 0 radical (unpaired) electrons. The van der Waals surface area contributed by atoms with Gasteiger partial charge in [0.05, 0.1) is 0 Å². The van der Waals surface area contributed by atoms with Crippen LogP contribution in [-0.2, 0) is 4.74 Å². The van der Waals surface area contributed by atoms with Gasteiger partial charge >= 0.3 is 0 Å². The quantitative estimate of drug-likeness (QED) is 0.815. The average molecular weight is 200 g/mol. The molecule has 0 aliphatic rings. The fourth-order valence-corrected chi connectivity index (χ4v) is 2.30. The van der Waals surface area contributed by atoms with Crippen molar-refractivity contribution < 1.29 is 4.74 Å². The summed E-state index contributed by atoms with van der Waals surface area (Å²) in [6, 6.07) is 0. The van der Waals surface area contributed by atoms with Gasteiger partial charge in [-0.15, -0.1) is 11.3 Å². The molecule has 0 aliphatic heterocycles. The third-order valence-corrected chi connectivity index (χ3v) is 3.00. The predicted molar refractivity (Wildman–Crippen MR) is 55.9 cm³/mol. The lowest BCUT2D eigenvalue weighted by molar-refractivity contribution is 0.0645. The van der Waals surface area contributed by atoms with Gasteiger partial charge in [-0.3, -0.25) is 0 Å². The van der Waals surface area contributed by atoms with Crippen molar-refractivity contribution in [2.24, 2.45) is 5.92 Å². The summed E-state index contributed by atoms with van der Waals surface area (Å²) < 4.78 is 5.36. The molecule has 74 valence electrons. The lowest BCUT2D eigenvalue weighted by atomic mass is 10.1. The van der Waals surface area contributed by atoms with Crippen LogP contribution < -0.4 is 5.73 Å². The summed E-state index contributed by atoms with van der Waals surface area (Å²) in [5.41, 5.74) is 5.68. The van der Waals surface area contributed by atoms with Crippen LogP contribution in [0.2, 0.25) is 0 Å². The molecule has 2 N–H and O–H groups in total. The first-order chi connectivity index (χ1) is 6.06. The molecule has 0 aromatic carbocycles. The maximum atomic E-state index is 5.68. The van der Waals surface area contributed by atoms with Gasteiger partial charge < -0.3 is 10.5 Å². The number of nitrogens with zero attached hydrogens (tertiary/aromatic N) is 1. The molecular weight excluding hydrogens is 184 g/mol. The van der Waals surface area contributed by atoms with E-state index in [1.165, 1.54) is 0 Å². The first-order valence-electron chi connectivity index (χ1n) is 4.31. The largest absolute Gasteiger partial charge is 0.383 e. The van der Waals surface area contributed by atoms with Crippen molar-refractivity contribution >= 4 is 17.2 Å². The molecule has 3 nitrogen and oxygen atoms in total. The lowest BCUT2D eigenvalue weighted by Gasteiger charge is -2.15. The highest BCUT2D eigenvalue weighted by Gasteiger charge is 2.19. The first kappa shape index (κ1) is 10.5. The molecule has 1 rings (SSSR count). The van der Waals surface area contributed by atoms with Crippen LogP contribution in [0.1, 0.15) is 29.8 Å². The smallest absolute Gasteiger partial charge is 0.137 e. The van der Waals surface area contributed by atoms with Crippen LogP contribution in [0.4, 0.5) is 5.82 Å². The number of rotatable bonds is 3. The minimum Gasteiger partial charge on any atom is -0.383 e. The minimum atomic E-state index is 0.0704. The summed E-state index contributed by atoms with van der Waals surface area (Å²) in [7, 11) is 1.71. The average Bonchev–Trinajstić information content (AvgIpc) is 2.32. The minimum absolute atomic E-state index is 0.0704. The van der Waals surface area contributed by atoms with E-state index in [2.05, 4.69) is 18.8 Å². The number of hydrogen-bond acceptors (Lipinski definition) is 4. The van der Waals surface area contributed by atoms with E-state index in [-0.39, 0.29) is 6.10 Å². The Kier molecular flexibility index (Phi) is 3.27. The maximum Gasteiger partial charge on any atom is 0.137 e. The normalized spacial score (nSPS) is 13.6. The van der Waals surface area contributed by atoms with E-state index in [0.29, 0.717) is 11.7 Å². The van der Waals surface area contributed by atoms with Gasteiger partial charge in [0.1, 0.15) is 16.9 Å². The Balaban J connectivity index is 2.92. The number of aromatic nitrogens is 1. The molecule has 0 saturated heterocycles. The summed E-state index contributed by atoms with van der Waals surface area (Å²) in [6.07, 6.45) is 0.0704. The molecule has 1 atom stereocenters. The Hall–Kier alpha value is -0.610. The second-order valence-electron chi connectivity index (χ2n) is 3.39. The molecule has 0 bridgehead atoms. The van der Waals surface area contributed by atoms with Gasteiger partial charge in [0.2, 0.25) is 0 Å². The topological polar surface area (TPSA) is 48.1 Å². The van der Waals surface area contributed by atoms with Crippen LogP contribution in [0.25, 0.3) is 0 Å². The molecule has 0 aliphatic carbocycles. The number of anilines is 1. The standard InChI is InChI=1S/C9H16N2OS/c1-5(2)7(12-4)9-11-8(10)6(3)13-9/h5,7H,10H2,1-4H3.